The van der Waals surface area contributed by atoms with E-state index in [-0.39, 0.29) is 0 Å². The van der Waals surface area contributed by atoms with Crippen molar-refractivity contribution < 1.29 is 0 Å². The second-order valence-electron chi connectivity index (χ2n) is 6.74. The highest BCUT2D eigenvalue weighted by molar-refractivity contribution is 7.99. The van der Waals surface area contributed by atoms with Crippen molar-refractivity contribution in [2.75, 3.05) is 11.5 Å². The van der Waals surface area contributed by atoms with Gasteiger partial charge in [-0.2, -0.15) is 0 Å². The molecule has 2 aromatic rings. The molecule has 0 radical (unpaired) electrons. The summed E-state index contributed by atoms with van der Waals surface area (Å²) >= 11 is 1.80. The third-order valence-electron chi connectivity index (χ3n) is 4.56. The first-order valence-electron chi connectivity index (χ1n) is 9.58. The quantitative estimate of drug-likeness (QED) is 0.379. The molecule has 0 fully saturated rings. The first kappa shape index (κ1) is 19.7. The monoisotopic (exact) mass is 356 g/mol. The molecule has 25 heavy (non-hydrogen) atoms. The van der Waals surface area contributed by atoms with E-state index in [1.807, 2.05) is 12.1 Å². The number of hydrogen-bond donors (Lipinski definition) is 2. The van der Waals surface area contributed by atoms with Crippen molar-refractivity contribution in [1.29, 1.82) is 0 Å². The van der Waals surface area contributed by atoms with E-state index in [9.17, 15) is 0 Å². The van der Waals surface area contributed by atoms with E-state index in [4.69, 9.17) is 11.5 Å². The van der Waals surface area contributed by atoms with Crippen LogP contribution in [-0.2, 0) is 12.8 Å². The Balaban J connectivity index is 2.08. The molecule has 0 aliphatic carbocycles. The normalized spacial score (nSPS) is 11.0. The fourth-order valence-corrected chi connectivity index (χ4v) is 3.94. The standard InChI is InChI=1S/C22H32N2S/c1-3-5-7-9-17-15-19(11-13-21(17)23)25-20-12-14-22(24)18(16-20)10-8-6-4-2/h11-16H,3-10,23-24H2,1-2H3. The fourth-order valence-electron chi connectivity index (χ4n) is 2.99. The molecule has 4 N–H and O–H groups in total. The minimum Gasteiger partial charge on any atom is -0.399 e. The summed E-state index contributed by atoms with van der Waals surface area (Å²) in [7, 11) is 0. The van der Waals surface area contributed by atoms with E-state index in [1.165, 1.54) is 59.4 Å². The Morgan fingerprint density at radius 3 is 1.52 bits per heavy atom. The lowest BCUT2D eigenvalue weighted by Gasteiger charge is -2.11. The van der Waals surface area contributed by atoms with Gasteiger partial charge in [-0.1, -0.05) is 51.3 Å². The average molecular weight is 357 g/mol. The van der Waals surface area contributed by atoms with Crippen molar-refractivity contribution in [1.82, 2.24) is 0 Å². The summed E-state index contributed by atoms with van der Waals surface area (Å²) in [5, 5.41) is 0. The SMILES string of the molecule is CCCCCc1cc(Sc2ccc(N)c(CCCCC)c2)ccc1N. The zero-order chi connectivity index (χ0) is 18.1. The molecule has 0 saturated heterocycles. The number of nitrogen functional groups attached to an aromatic ring is 2. The molecule has 0 atom stereocenters. The van der Waals surface area contributed by atoms with Crippen LogP contribution in [-0.4, -0.2) is 0 Å². The van der Waals surface area contributed by atoms with Crippen LogP contribution >= 0.6 is 11.8 Å². The number of nitrogens with two attached hydrogens (primary N) is 2. The summed E-state index contributed by atoms with van der Waals surface area (Å²) in [5.41, 5.74) is 16.7. The molecule has 0 heterocycles. The first-order valence-corrected chi connectivity index (χ1v) is 10.4. The zero-order valence-electron chi connectivity index (χ0n) is 15.7. The first-order chi connectivity index (χ1) is 12.1. The van der Waals surface area contributed by atoms with Crippen LogP contribution in [0.15, 0.2) is 46.2 Å². The summed E-state index contributed by atoms with van der Waals surface area (Å²) < 4.78 is 0. The molecule has 0 unspecified atom stereocenters. The molecule has 2 rings (SSSR count). The number of anilines is 2. The van der Waals surface area contributed by atoms with Crippen molar-refractivity contribution in [3.05, 3.63) is 47.5 Å². The van der Waals surface area contributed by atoms with Crippen molar-refractivity contribution >= 4 is 23.1 Å². The van der Waals surface area contributed by atoms with Gasteiger partial charge in [0.05, 0.1) is 0 Å². The molecule has 0 bridgehead atoms. The van der Waals surface area contributed by atoms with Gasteiger partial charge in [0.15, 0.2) is 0 Å². The third kappa shape index (κ3) is 6.32. The average Bonchev–Trinajstić information content (AvgIpc) is 2.61. The van der Waals surface area contributed by atoms with Gasteiger partial charge in [-0.05, 0) is 73.2 Å². The van der Waals surface area contributed by atoms with E-state index in [1.54, 1.807) is 11.8 Å². The van der Waals surface area contributed by atoms with Crippen molar-refractivity contribution in [3.63, 3.8) is 0 Å². The Morgan fingerprint density at radius 1 is 0.680 bits per heavy atom. The van der Waals surface area contributed by atoms with Gasteiger partial charge in [0.1, 0.15) is 0 Å². The molecule has 136 valence electrons. The van der Waals surface area contributed by atoms with Gasteiger partial charge >= 0.3 is 0 Å². The van der Waals surface area contributed by atoms with Gasteiger partial charge in [-0.3, -0.25) is 0 Å². The van der Waals surface area contributed by atoms with Crippen molar-refractivity contribution in [2.45, 2.75) is 75.0 Å². The van der Waals surface area contributed by atoms with Crippen LogP contribution in [0.3, 0.4) is 0 Å². The predicted molar refractivity (Wildman–Crippen MR) is 112 cm³/mol. The van der Waals surface area contributed by atoms with Crippen molar-refractivity contribution in [3.8, 4) is 0 Å². The second-order valence-corrected chi connectivity index (χ2v) is 7.88. The Morgan fingerprint density at radius 2 is 1.12 bits per heavy atom. The number of rotatable bonds is 10. The maximum Gasteiger partial charge on any atom is 0.0347 e. The van der Waals surface area contributed by atoms with Crippen LogP contribution in [0.4, 0.5) is 11.4 Å². The zero-order valence-corrected chi connectivity index (χ0v) is 16.5. The Labute approximate surface area is 157 Å². The lowest BCUT2D eigenvalue weighted by Crippen LogP contribution is -1.96. The van der Waals surface area contributed by atoms with Gasteiger partial charge in [0.25, 0.3) is 0 Å². The minimum atomic E-state index is 0.915. The van der Waals surface area contributed by atoms with E-state index in [2.05, 4.69) is 38.1 Å². The molecule has 2 nitrogen and oxygen atoms in total. The van der Waals surface area contributed by atoms with Crippen LogP contribution in [0.2, 0.25) is 0 Å². The Kier molecular flexibility index (Phi) is 8.20. The molecule has 0 saturated carbocycles. The number of hydrogen-bond acceptors (Lipinski definition) is 3. The fraction of sp³-hybridized carbons (Fsp3) is 0.455. The summed E-state index contributed by atoms with van der Waals surface area (Å²) in [6.07, 6.45) is 9.54. The maximum absolute atomic E-state index is 6.15. The van der Waals surface area contributed by atoms with Gasteiger partial charge in [0.2, 0.25) is 0 Å². The Bertz CT molecular complexity index is 610. The highest BCUT2D eigenvalue weighted by atomic mass is 32.2. The molecule has 0 aliphatic rings. The molecule has 0 amide bonds. The lowest BCUT2D eigenvalue weighted by atomic mass is 10.1. The highest BCUT2D eigenvalue weighted by Gasteiger charge is 2.06. The third-order valence-corrected chi connectivity index (χ3v) is 5.54. The molecular weight excluding hydrogens is 324 g/mol. The predicted octanol–water partition coefficient (Wildman–Crippen LogP) is 6.47. The summed E-state index contributed by atoms with van der Waals surface area (Å²) in [5.74, 6) is 0. The molecule has 2 aromatic carbocycles. The maximum atomic E-state index is 6.15. The highest BCUT2D eigenvalue weighted by Crippen LogP contribution is 2.32. The van der Waals surface area contributed by atoms with Crippen LogP contribution in [0, 0.1) is 0 Å². The topological polar surface area (TPSA) is 52.0 Å². The lowest BCUT2D eigenvalue weighted by molar-refractivity contribution is 0.717. The van der Waals surface area contributed by atoms with E-state index >= 15 is 0 Å². The smallest absolute Gasteiger partial charge is 0.0347 e. The van der Waals surface area contributed by atoms with E-state index < -0.39 is 0 Å². The van der Waals surface area contributed by atoms with Crippen LogP contribution < -0.4 is 11.5 Å². The molecule has 0 aromatic heterocycles. The van der Waals surface area contributed by atoms with Crippen LogP contribution in [0.25, 0.3) is 0 Å². The molecule has 0 aliphatic heterocycles. The van der Waals surface area contributed by atoms with E-state index in [0.717, 1.165) is 24.2 Å². The summed E-state index contributed by atoms with van der Waals surface area (Å²) in [4.78, 5) is 2.51. The van der Waals surface area contributed by atoms with Gasteiger partial charge in [-0.15, -0.1) is 0 Å². The Hall–Kier alpha value is -1.61. The van der Waals surface area contributed by atoms with Crippen molar-refractivity contribution in [2.24, 2.45) is 0 Å². The molecular formula is C22H32N2S. The number of aryl methyl sites for hydroxylation is 2. The largest absolute Gasteiger partial charge is 0.399 e. The molecule has 0 spiro atoms. The minimum absolute atomic E-state index is 0.915. The van der Waals surface area contributed by atoms with Crippen LogP contribution in [0.5, 0.6) is 0 Å². The van der Waals surface area contributed by atoms with Crippen LogP contribution in [0.1, 0.15) is 63.5 Å². The number of unbranched alkanes of at least 4 members (excludes halogenated alkanes) is 4. The number of benzene rings is 2. The van der Waals surface area contributed by atoms with Gasteiger partial charge in [0, 0.05) is 21.2 Å². The summed E-state index contributed by atoms with van der Waals surface area (Å²) in [6, 6.07) is 12.8. The molecule has 3 heteroatoms. The summed E-state index contributed by atoms with van der Waals surface area (Å²) in [6.45, 7) is 4.46. The second kappa shape index (κ2) is 10.4. The van der Waals surface area contributed by atoms with Gasteiger partial charge in [-0.25, -0.2) is 0 Å². The van der Waals surface area contributed by atoms with Gasteiger partial charge < -0.3 is 11.5 Å². The van der Waals surface area contributed by atoms with E-state index in [0.29, 0.717) is 0 Å².